The Bertz CT molecular complexity index is 204. The van der Waals surface area contributed by atoms with Crippen molar-refractivity contribution in [1.82, 2.24) is 10.6 Å². The molecule has 1 heterocycles. The molecule has 4 nitrogen and oxygen atoms in total. The van der Waals surface area contributed by atoms with E-state index in [1.165, 1.54) is 0 Å². The van der Waals surface area contributed by atoms with Crippen LogP contribution in [0.4, 0.5) is 0 Å². The molecule has 2 N–H and O–H groups in total. The summed E-state index contributed by atoms with van der Waals surface area (Å²) < 4.78 is 7.67. The van der Waals surface area contributed by atoms with Gasteiger partial charge in [-0.3, -0.25) is 15.2 Å². The quantitative estimate of drug-likeness (QED) is 0.515. The number of hydrogen-bond donors (Lipinski definition) is 2. The molecule has 0 spiro atoms. The first-order chi connectivity index (χ1) is 7.09. The molecule has 1 fully saturated rings. The van der Waals surface area contributed by atoms with E-state index in [9.17, 15) is 0 Å². The van der Waals surface area contributed by atoms with Gasteiger partial charge >= 0.3 is 5.96 Å². The van der Waals surface area contributed by atoms with Gasteiger partial charge in [0.25, 0.3) is 0 Å². The second kappa shape index (κ2) is 5.95. The van der Waals surface area contributed by atoms with Crippen molar-refractivity contribution < 1.29 is 9.31 Å². The maximum Gasteiger partial charge on any atom is 0.346 e. The Morgan fingerprint density at radius 2 is 1.47 bits per heavy atom. The lowest BCUT2D eigenvalue weighted by Gasteiger charge is -2.20. The Hall–Kier alpha value is -0.770. The molecular formula is C11H24N3O+. The number of ether oxygens (including phenoxy) is 1. The van der Waals surface area contributed by atoms with Crippen molar-refractivity contribution >= 4 is 5.96 Å². The van der Waals surface area contributed by atoms with E-state index in [4.69, 9.17) is 4.74 Å². The zero-order valence-corrected chi connectivity index (χ0v) is 10.3. The van der Waals surface area contributed by atoms with Gasteiger partial charge in [0.05, 0.1) is 38.4 Å². The number of rotatable bonds is 2. The molecule has 0 saturated carbocycles. The molecular weight excluding hydrogens is 190 g/mol. The van der Waals surface area contributed by atoms with Crippen LogP contribution in [-0.4, -0.2) is 48.9 Å². The van der Waals surface area contributed by atoms with Gasteiger partial charge in [0.2, 0.25) is 0 Å². The SMILES string of the molecule is CC(C)NC(NC(C)C)=[N+]1CCOCC1. The molecule has 1 aliphatic rings. The average Bonchev–Trinajstić information content (AvgIpc) is 2.17. The summed E-state index contributed by atoms with van der Waals surface area (Å²) in [6.07, 6.45) is 0. The number of hydrogen-bond acceptors (Lipinski definition) is 1. The first-order valence-electron chi connectivity index (χ1n) is 5.82. The summed E-state index contributed by atoms with van der Waals surface area (Å²) in [6, 6.07) is 0.906. The monoisotopic (exact) mass is 214 g/mol. The van der Waals surface area contributed by atoms with Crippen molar-refractivity contribution in [2.75, 3.05) is 26.3 Å². The van der Waals surface area contributed by atoms with Gasteiger partial charge in [0.15, 0.2) is 0 Å². The molecule has 0 bridgehead atoms. The van der Waals surface area contributed by atoms with E-state index < -0.39 is 0 Å². The van der Waals surface area contributed by atoms with Crippen molar-refractivity contribution in [1.29, 1.82) is 0 Å². The maximum atomic E-state index is 5.35. The van der Waals surface area contributed by atoms with Crippen LogP contribution >= 0.6 is 0 Å². The minimum atomic E-state index is 0.453. The highest BCUT2D eigenvalue weighted by atomic mass is 16.5. The summed E-state index contributed by atoms with van der Waals surface area (Å²) in [6.45, 7) is 12.2. The van der Waals surface area contributed by atoms with Crippen molar-refractivity contribution in [3.63, 3.8) is 0 Å². The summed E-state index contributed by atoms with van der Waals surface area (Å²) in [4.78, 5) is 0. The highest BCUT2D eigenvalue weighted by molar-refractivity contribution is 5.75. The van der Waals surface area contributed by atoms with Gasteiger partial charge in [-0.15, -0.1) is 0 Å². The molecule has 88 valence electrons. The smallest absolute Gasteiger partial charge is 0.346 e. The number of morpholine rings is 1. The van der Waals surface area contributed by atoms with Crippen LogP contribution in [0, 0.1) is 0 Å². The number of nitrogens with zero attached hydrogens (tertiary/aromatic N) is 1. The Balaban J connectivity index is 2.67. The normalized spacial score (nSPS) is 17.1. The molecule has 1 saturated heterocycles. The lowest BCUT2D eigenvalue weighted by atomic mass is 10.3. The standard InChI is InChI=1S/C11H23N3O/c1-9(2)12-11(13-10(3)4)14-5-7-15-8-6-14/h9-10H,5-8H2,1-4H3,(H,12,13)/p+1. The fraction of sp³-hybridized carbons (Fsp3) is 0.909. The van der Waals surface area contributed by atoms with Crippen molar-refractivity contribution in [3.8, 4) is 0 Å². The van der Waals surface area contributed by atoms with Gasteiger partial charge in [0.1, 0.15) is 0 Å². The molecule has 1 rings (SSSR count). The molecule has 0 aromatic carbocycles. The molecule has 0 aromatic heterocycles. The van der Waals surface area contributed by atoms with Gasteiger partial charge in [0, 0.05) is 0 Å². The number of nitrogens with one attached hydrogen (secondary N) is 2. The molecule has 1 aliphatic heterocycles. The zero-order valence-electron chi connectivity index (χ0n) is 10.3. The molecule has 0 aliphatic carbocycles. The lowest BCUT2D eigenvalue weighted by molar-refractivity contribution is -0.553. The first kappa shape index (κ1) is 12.3. The first-order valence-corrected chi connectivity index (χ1v) is 5.82. The fourth-order valence-electron chi connectivity index (χ4n) is 1.56. The molecule has 0 atom stereocenters. The van der Waals surface area contributed by atoms with Crippen LogP contribution in [0.5, 0.6) is 0 Å². The molecule has 0 radical (unpaired) electrons. The zero-order chi connectivity index (χ0) is 11.3. The topological polar surface area (TPSA) is 36.3 Å². The summed E-state index contributed by atoms with van der Waals surface area (Å²) in [5, 5.41) is 6.91. The fourth-order valence-corrected chi connectivity index (χ4v) is 1.56. The molecule has 15 heavy (non-hydrogen) atoms. The Morgan fingerprint density at radius 1 is 1.00 bits per heavy atom. The predicted molar refractivity (Wildman–Crippen MR) is 62.4 cm³/mol. The third-order valence-corrected chi connectivity index (χ3v) is 2.18. The second-order valence-corrected chi connectivity index (χ2v) is 4.55. The van der Waals surface area contributed by atoms with Crippen LogP contribution in [0.2, 0.25) is 0 Å². The third-order valence-electron chi connectivity index (χ3n) is 2.18. The van der Waals surface area contributed by atoms with E-state index in [2.05, 4.69) is 42.9 Å². The van der Waals surface area contributed by atoms with E-state index in [1.54, 1.807) is 0 Å². The third kappa shape index (κ3) is 4.51. The highest BCUT2D eigenvalue weighted by Gasteiger charge is 2.17. The van der Waals surface area contributed by atoms with Gasteiger partial charge in [-0.05, 0) is 27.7 Å². The second-order valence-electron chi connectivity index (χ2n) is 4.55. The van der Waals surface area contributed by atoms with Gasteiger partial charge in [-0.1, -0.05) is 0 Å². The van der Waals surface area contributed by atoms with Crippen LogP contribution in [-0.2, 0) is 4.74 Å². The van der Waals surface area contributed by atoms with Crippen molar-refractivity contribution in [2.24, 2.45) is 0 Å². The number of guanidine groups is 1. The van der Waals surface area contributed by atoms with Crippen LogP contribution in [0.25, 0.3) is 0 Å². The molecule has 0 amide bonds. The van der Waals surface area contributed by atoms with Crippen LogP contribution in [0.1, 0.15) is 27.7 Å². The highest BCUT2D eigenvalue weighted by Crippen LogP contribution is 1.91. The minimum Gasteiger partial charge on any atom is -0.375 e. The minimum absolute atomic E-state index is 0.453. The van der Waals surface area contributed by atoms with Gasteiger partial charge in [-0.2, -0.15) is 0 Å². The van der Waals surface area contributed by atoms with Gasteiger partial charge in [-0.25, -0.2) is 0 Å². The molecule has 0 unspecified atom stereocenters. The molecule has 0 aromatic rings. The average molecular weight is 214 g/mol. The summed E-state index contributed by atoms with van der Waals surface area (Å²) in [5.74, 6) is 1.14. The Morgan fingerprint density at radius 3 is 1.87 bits per heavy atom. The van der Waals surface area contributed by atoms with Crippen LogP contribution < -0.4 is 10.6 Å². The summed E-state index contributed by atoms with van der Waals surface area (Å²) in [5.41, 5.74) is 0. The summed E-state index contributed by atoms with van der Waals surface area (Å²) >= 11 is 0. The maximum absolute atomic E-state index is 5.35. The van der Waals surface area contributed by atoms with E-state index in [-0.39, 0.29) is 0 Å². The van der Waals surface area contributed by atoms with E-state index in [0.29, 0.717) is 12.1 Å². The van der Waals surface area contributed by atoms with Crippen molar-refractivity contribution in [3.05, 3.63) is 0 Å². The lowest BCUT2D eigenvalue weighted by Crippen LogP contribution is -2.51. The summed E-state index contributed by atoms with van der Waals surface area (Å²) in [7, 11) is 0. The van der Waals surface area contributed by atoms with Crippen molar-refractivity contribution in [2.45, 2.75) is 39.8 Å². The largest absolute Gasteiger partial charge is 0.375 e. The Kier molecular flexibility index (Phi) is 4.88. The van der Waals surface area contributed by atoms with E-state index in [1.807, 2.05) is 0 Å². The Labute approximate surface area is 92.7 Å². The van der Waals surface area contributed by atoms with Crippen LogP contribution in [0.15, 0.2) is 0 Å². The van der Waals surface area contributed by atoms with E-state index >= 15 is 0 Å². The van der Waals surface area contributed by atoms with Gasteiger partial charge < -0.3 is 4.74 Å². The van der Waals surface area contributed by atoms with Crippen LogP contribution in [0.3, 0.4) is 0 Å². The predicted octanol–water partition coefficient (Wildman–Crippen LogP) is 0.381. The molecule has 4 heteroatoms. The van der Waals surface area contributed by atoms with E-state index in [0.717, 1.165) is 32.3 Å².